The van der Waals surface area contributed by atoms with Crippen LogP contribution in [0.1, 0.15) is 27.4 Å². The quantitative estimate of drug-likeness (QED) is 0.669. The minimum absolute atomic E-state index is 0.110. The van der Waals surface area contributed by atoms with Crippen molar-refractivity contribution in [1.82, 2.24) is 30.6 Å². The second-order valence-electron chi connectivity index (χ2n) is 5.45. The van der Waals surface area contributed by atoms with E-state index in [1.54, 1.807) is 18.5 Å². The van der Waals surface area contributed by atoms with E-state index in [0.717, 1.165) is 29.7 Å². The Hall–Kier alpha value is -2.80. The molecule has 0 radical (unpaired) electrons. The third-order valence-corrected chi connectivity index (χ3v) is 3.95. The van der Waals surface area contributed by atoms with E-state index < -0.39 is 0 Å². The number of carbonyl (C=O) groups excluding carboxylic acids is 1. The summed E-state index contributed by atoms with van der Waals surface area (Å²) < 4.78 is 0. The standard InChI is InChI=1S/C16H16N6O/c23-16(10-3-7-18-12-4-6-17-8-11(10)12)20-9-14-21-13-2-1-5-19-15(13)22-14/h1-3,5,7,17H,4,6,8-9H2,(H,20,23)(H,19,21,22). The van der Waals surface area contributed by atoms with Crippen LogP contribution in [0.4, 0.5) is 0 Å². The molecular formula is C16H16N6O. The molecule has 0 fully saturated rings. The maximum atomic E-state index is 12.5. The predicted molar refractivity (Wildman–Crippen MR) is 84.7 cm³/mol. The van der Waals surface area contributed by atoms with Gasteiger partial charge in [-0.3, -0.25) is 9.78 Å². The van der Waals surface area contributed by atoms with Crippen molar-refractivity contribution in [2.24, 2.45) is 0 Å². The minimum atomic E-state index is -0.110. The van der Waals surface area contributed by atoms with Crippen molar-refractivity contribution >= 4 is 17.1 Å². The van der Waals surface area contributed by atoms with E-state index in [1.807, 2.05) is 12.1 Å². The summed E-state index contributed by atoms with van der Waals surface area (Å²) in [6.07, 6.45) is 4.25. The van der Waals surface area contributed by atoms with Gasteiger partial charge in [-0.2, -0.15) is 0 Å². The number of H-pyrrole nitrogens is 1. The molecule has 0 unspecified atom stereocenters. The van der Waals surface area contributed by atoms with E-state index in [9.17, 15) is 4.79 Å². The summed E-state index contributed by atoms with van der Waals surface area (Å²) in [5.41, 5.74) is 4.19. The van der Waals surface area contributed by atoms with Gasteiger partial charge in [0.25, 0.3) is 5.91 Å². The van der Waals surface area contributed by atoms with Gasteiger partial charge in [-0.1, -0.05) is 0 Å². The molecule has 1 aliphatic heterocycles. The summed E-state index contributed by atoms with van der Waals surface area (Å²) in [7, 11) is 0. The summed E-state index contributed by atoms with van der Waals surface area (Å²) in [6.45, 7) is 1.91. The number of aromatic amines is 1. The number of fused-ring (bicyclic) bond motifs is 2. The second kappa shape index (κ2) is 5.77. The number of amides is 1. The third kappa shape index (κ3) is 2.66. The van der Waals surface area contributed by atoms with Gasteiger partial charge in [-0.25, -0.2) is 9.97 Å². The summed E-state index contributed by atoms with van der Waals surface area (Å²) in [5, 5.41) is 6.19. The second-order valence-corrected chi connectivity index (χ2v) is 5.45. The molecular weight excluding hydrogens is 292 g/mol. The molecule has 116 valence electrons. The van der Waals surface area contributed by atoms with Gasteiger partial charge in [-0.05, 0) is 18.2 Å². The lowest BCUT2D eigenvalue weighted by Crippen LogP contribution is -2.30. The smallest absolute Gasteiger partial charge is 0.252 e. The SMILES string of the molecule is O=C(NCc1nc2ncccc2[nH]1)c1ccnc2c1CNCC2. The fourth-order valence-electron chi connectivity index (χ4n) is 2.82. The van der Waals surface area contributed by atoms with Gasteiger partial charge in [0.1, 0.15) is 5.82 Å². The Kier molecular flexibility index (Phi) is 3.47. The highest BCUT2D eigenvalue weighted by Crippen LogP contribution is 2.16. The molecule has 3 aromatic heterocycles. The Morgan fingerprint density at radius 1 is 1.26 bits per heavy atom. The predicted octanol–water partition coefficient (Wildman–Crippen LogP) is 0.929. The van der Waals surface area contributed by atoms with Crippen molar-refractivity contribution in [2.45, 2.75) is 19.5 Å². The molecule has 3 N–H and O–H groups in total. The van der Waals surface area contributed by atoms with Crippen LogP contribution < -0.4 is 10.6 Å². The average Bonchev–Trinajstić information content (AvgIpc) is 3.02. The first-order valence-corrected chi connectivity index (χ1v) is 7.56. The Bertz CT molecular complexity index is 839. The lowest BCUT2D eigenvalue weighted by Gasteiger charge is -2.18. The normalized spacial score (nSPS) is 13.7. The molecule has 7 nitrogen and oxygen atoms in total. The van der Waals surface area contributed by atoms with Gasteiger partial charge in [0.15, 0.2) is 5.65 Å². The maximum Gasteiger partial charge on any atom is 0.252 e. The molecule has 0 saturated heterocycles. The molecule has 23 heavy (non-hydrogen) atoms. The van der Waals surface area contributed by atoms with E-state index in [1.165, 1.54) is 0 Å². The number of nitrogens with one attached hydrogen (secondary N) is 3. The van der Waals surface area contributed by atoms with E-state index in [0.29, 0.717) is 30.1 Å². The number of hydrogen-bond acceptors (Lipinski definition) is 5. The van der Waals surface area contributed by atoms with Crippen LogP contribution in [0.25, 0.3) is 11.2 Å². The Morgan fingerprint density at radius 2 is 2.22 bits per heavy atom. The van der Waals surface area contributed by atoms with Gasteiger partial charge in [0.2, 0.25) is 0 Å². The maximum absolute atomic E-state index is 12.5. The summed E-state index contributed by atoms with van der Waals surface area (Å²) in [5.74, 6) is 0.578. The minimum Gasteiger partial charge on any atom is -0.345 e. The number of hydrogen-bond donors (Lipinski definition) is 3. The van der Waals surface area contributed by atoms with Crippen molar-refractivity contribution in [1.29, 1.82) is 0 Å². The number of imidazole rings is 1. The van der Waals surface area contributed by atoms with Crippen molar-refractivity contribution < 1.29 is 4.79 Å². The highest BCUT2D eigenvalue weighted by molar-refractivity contribution is 5.95. The monoisotopic (exact) mass is 308 g/mol. The molecule has 0 atom stereocenters. The molecule has 0 bridgehead atoms. The van der Waals surface area contributed by atoms with E-state index in [2.05, 4.69) is 30.6 Å². The van der Waals surface area contributed by atoms with Gasteiger partial charge in [-0.15, -0.1) is 0 Å². The lowest BCUT2D eigenvalue weighted by molar-refractivity contribution is 0.0948. The number of pyridine rings is 2. The van der Waals surface area contributed by atoms with Crippen LogP contribution in [-0.2, 0) is 19.5 Å². The first-order valence-electron chi connectivity index (χ1n) is 7.56. The van der Waals surface area contributed by atoms with Gasteiger partial charge >= 0.3 is 0 Å². The van der Waals surface area contributed by atoms with E-state index in [4.69, 9.17) is 0 Å². The zero-order chi connectivity index (χ0) is 15.6. The fraction of sp³-hybridized carbons (Fsp3) is 0.250. The molecule has 4 heterocycles. The van der Waals surface area contributed by atoms with Crippen molar-refractivity contribution in [3.63, 3.8) is 0 Å². The highest BCUT2D eigenvalue weighted by atomic mass is 16.1. The largest absolute Gasteiger partial charge is 0.345 e. The van der Waals surface area contributed by atoms with Crippen LogP contribution in [-0.4, -0.2) is 32.4 Å². The van der Waals surface area contributed by atoms with Gasteiger partial charge in [0.05, 0.1) is 12.1 Å². The van der Waals surface area contributed by atoms with Crippen LogP contribution in [0.2, 0.25) is 0 Å². The van der Waals surface area contributed by atoms with Crippen LogP contribution >= 0.6 is 0 Å². The Labute approximate surface area is 132 Å². The fourth-order valence-corrected chi connectivity index (χ4v) is 2.82. The Morgan fingerprint density at radius 3 is 3.13 bits per heavy atom. The van der Waals surface area contributed by atoms with Crippen LogP contribution in [0.3, 0.4) is 0 Å². The lowest BCUT2D eigenvalue weighted by atomic mass is 10.0. The molecule has 3 aromatic rings. The van der Waals surface area contributed by atoms with Crippen LogP contribution in [0.15, 0.2) is 30.6 Å². The van der Waals surface area contributed by atoms with E-state index >= 15 is 0 Å². The zero-order valence-corrected chi connectivity index (χ0v) is 12.5. The molecule has 1 aliphatic rings. The molecule has 0 spiro atoms. The summed E-state index contributed by atoms with van der Waals surface area (Å²) in [6, 6.07) is 5.52. The molecule has 0 saturated carbocycles. The van der Waals surface area contributed by atoms with Crippen LogP contribution in [0, 0.1) is 0 Å². The van der Waals surface area contributed by atoms with Crippen molar-refractivity contribution in [2.75, 3.05) is 6.54 Å². The Balaban J connectivity index is 1.52. The number of rotatable bonds is 3. The highest BCUT2D eigenvalue weighted by Gasteiger charge is 2.18. The summed E-state index contributed by atoms with van der Waals surface area (Å²) in [4.78, 5) is 28.5. The third-order valence-electron chi connectivity index (χ3n) is 3.95. The van der Waals surface area contributed by atoms with E-state index in [-0.39, 0.29) is 5.91 Å². The van der Waals surface area contributed by atoms with Gasteiger partial charge < -0.3 is 15.6 Å². The van der Waals surface area contributed by atoms with Crippen molar-refractivity contribution in [3.8, 4) is 0 Å². The molecule has 0 aromatic carbocycles. The topological polar surface area (TPSA) is 95.6 Å². The van der Waals surface area contributed by atoms with Crippen LogP contribution in [0.5, 0.6) is 0 Å². The average molecular weight is 308 g/mol. The van der Waals surface area contributed by atoms with Crippen molar-refractivity contribution in [3.05, 3.63) is 53.2 Å². The first kappa shape index (κ1) is 13.8. The molecule has 1 amide bonds. The zero-order valence-electron chi connectivity index (χ0n) is 12.5. The molecule has 7 heteroatoms. The summed E-state index contributed by atoms with van der Waals surface area (Å²) >= 11 is 0. The number of nitrogens with zero attached hydrogens (tertiary/aromatic N) is 3. The number of carbonyl (C=O) groups is 1. The molecule has 0 aliphatic carbocycles. The first-order chi connectivity index (χ1) is 11.3. The number of aromatic nitrogens is 4. The molecule has 4 rings (SSSR count). The van der Waals surface area contributed by atoms with Gasteiger partial charge in [0, 0.05) is 48.7 Å².